The first-order chi connectivity index (χ1) is 12.3. The number of fused-ring (bicyclic) bond motifs is 1. The van der Waals surface area contributed by atoms with Crippen LogP contribution in [0.15, 0.2) is 37.1 Å². The molecular weight excluding hydrogens is 416 g/mol. The number of thioether (sulfide) groups is 1. The lowest BCUT2D eigenvalue weighted by molar-refractivity contribution is 0.382. The smallest absolute Gasteiger partial charge is 0.262 e. The molecule has 0 amide bonds. The summed E-state index contributed by atoms with van der Waals surface area (Å²) in [5.74, 6) is 2.26. The van der Waals surface area contributed by atoms with Crippen LogP contribution in [0.25, 0.3) is 10.9 Å². The van der Waals surface area contributed by atoms with Gasteiger partial charge in [-0.15, -0.1) is 0 Å². The topological polar surface area (TPSA) is 73.8 Å². The first kappa shape index (κ1) is 19.1. The van der Waals surface area contributed by atoms with Gasteiger partial charge >= 0.3 is 0 Å². The molecule has 0 fully saturated rings. The van der Waals surface area contributed by atoms with Gasteiger partial charge in [-0.05, 0) is 24.1 Å². The molecule has 3 aromatic rings. The van der Waals surface area contributed by atoms with Crippen LogP contribution in [0.4, 0.5) is 0 Å². The van der Waals surface area contributed by atoms with Crippen LogP contribution in [0.3, 0.4) is 0 Å². The van der Waals surface area contributed by atoms with Crippen molar-refractivity contribution in [3.63, 3.8) is 0 Å². The maximum atomic E-state index is 13.0. The largest absolute Gasteiger partial charge is 0.338 e. The van der Waals surface area contributed by atoms with Gasteiger partial charge < -0.3 is 4.52 Å². The number of halogens is 1. The Balaban J connectivity index is 1.97. The van der Waals surface area contributed by atoms with E-state index in [9.17, 15) is 4.79 Å². The molecule has 2 heterocycles. The number of hydrogen-bond donors (Lipinski definition) is 0. The van der Waals surface area contributed by atoms with E-state index in [1.165, 1.54) is 11.8 Å². The quantitative estimate of drug-likeness (QED) is 0.414. The number of benzene rings is 1. The molecule has 0 atom stereocenters. The van der Waals surface area contributed by atoms with Crippen molar-refractivity contribution in [1.29, 1.82) is 0 Å². The molecule has 3 rings (SSSR count). The van der Waals surface area contributed by atoms with Crippen molar-refractivity contribution in [2.24, 2.45) is 5.92 Å². The molecule has 0 radical (unpaired) electrons. The Morgan fingerprint density at radius 2 is 2.00 bits per heavy atom. The third-order valence-electron chi connectivity index (χ3n) is 3.75. The molecular formula is C18H21BrN4O2S. The van der Waals surface area contributed by atoms with E-state index < -0.39 is 0 Å². The molecule has 0 aliphatic heterocycles. The van der Waals surface area contributed by atoms with Gasteiger partial charge in [0.2, 0.25) is 5.89 Å². The number of nitrogens with zero attached hydrogens (tertiary/aromatic N) is 4. The average Bonchev–Trinajstić information content (AvgIpc) is 3.05. The van der Waals surface area contributed by atoms with Gasteiger partial charge in [0.1, 0.15) is 0 Å². The Labute approximate surface area is 164 Å². The Kier molecular flexibility index (Phi) is 5.82. The lowest BCUT2D eigenvalue weighted by Gasteiger charge is -2.14. The van der Waals surface area contributed by atoms with Gasteiger partial charge in [-0.3, -0.25) is 9.36 Å². The number of aromatic nitrogens is 4. The monoisotopic (exact) mass is 436 g/mol. The number of rotatable bonds is 6. The first-order valence-corrected chi connectivity index (χ1v) is 10.3. The third-order valence-corrected chi connectivity index (χ3v) is 5.21. The number of hydrogen-bond acceptors (Lipinski definition) is 6. The van der Waals surface area contributed by atoms with Gasteiger partial charge in [-0.1, -0.05) is 60.5 Å². The summed E-state index contributed by atoms with van der Waals surface area (Å²) in [7, 11) is 0. The standard InChI is InChI=1S/C18H21BrN4O2S/c1-10(2)8-23-17(24)13-7-12(19)5-6-14(13)20-18(23)26-9-15-21-16(11(3)4)22-25-15/h5-7,10-11H,8-9H2,1-4H3. The third kappa shape index (κ3) is 4.17. The van der Waals surface area contributed by atoms with Crippen molar-refractivity contribution in [3.8, 4) is 0 Å². The maximum absolute atomic E-state index is 13.0. The lowest BCUT2D eigenvalue weighted by Crippen LogP contribution is -2.25. The molecule has 8 heteroatoms. The second kappa shape index (κ2) is 7.92. The Morgan fingerprint density at radius 3 is 2.65 bits per heavy atom. The van der Waals surface area contributed by atoms with Gasteiger partial charge in [-0.25, -0.2) is 4.98 Å². The fraction of sp³-hybridized carbons (Fsp3) is 0.444. The van der Waals surface area contributed by atoms with E-state index in [0.29, 0.717) is 46.0 Å². The Bertz CT molecular complexity index is 981. The van der Waals surface area contributed by atoms with Gasteiger partial charge in [0.25, 0.3) is 5.56 Å². The van der Waals surface area contributed by atoms with Crippen molar-refractivity contribution < 1.29 is 4.52 Å². The van der Waals surface area contributed by atoms with E-state index in [1.807, 2.05) is 32.0 Å². The first-order valence-electron chi connectivity index (χ1n) is 8.50. The van der Waals surface area contributed by atoms with Gasteiger partial charge in [0, 0.05) is 16.9 Å². The molecule has 1 aromatic carbocycles. The lowest BCUT2D eigenvalue weighted by atomic mass is 10.2. The highest BCUT2D eigenvalue weighted by Gasteiger charge is 2.15. The minimum Gasteiger partial charge on any atom is -0.338 e. The van der Waals surface area contributed by atoms with Crippen LogP contribution in [0.2, 0.25) is 0 Å². The van der Waals surface area contributed by atoms with Crippen molar-refractivity contribution in [2.75, 3.05) is 0 Å². The predicted molar refractivity (Wildman–Crippen MR) is 106 cm³/mol. The summed E-state index contributed by atoms with van der Waals surface area (Å²) in [5, 5.41) is 5.27. The van der Waals surface area contributed by atoms with E-state index in [0.717, 1.165) is 4.47 Å². The van der Waals surface area contributed by atoms with Crippen LogP contribution in [0, 0.1) is 5.92 Å². The summed E-state index contributed by atoms with van der Waals surface area (Å²) in [6.07, 6.45) is 0. The summed E-state index contributed by atoms with van der Waals surface area (Å²) in [6.45, 7) is 8.81. The zero-order valence-electron chi connectivity index (χ0n) is 15.2. The Hall–Kier alpha value is -1.67. The second-order valence-electron chi connectivity index (χ2n) is 6.86. The maximum Gasteiger partial charge on any atom is 0.262 e. The summed E-state index contributed by atoms with van der Waals surface area (Å²) >= 11 is 4.87. The van der Waals surface area contributed by atoms with Crippen LogP contribution >= 0.6 is 27.7 Å². The highest BCUT2D eigenvalue weighted by Crippen LogP contribution is 2.24. The van der Waals surface area contributed by atoms with Crippen LogP contribution in [0.5, 0.6) is 0 Å². The molecule has 2 aromatic heterocycles. The fourth-order valence-corrected chi connectivity index (χ4v) is 3.70. The summed E-state index contributed by atoms with van der Waals surface area (Å²) in [6, 6.07) is 5.57. The van der Waals surface area contributed by atoms with Crippen LogP contribution in [0.1, 0.15) is 45.3 Å². The SMILES string of the molecule is CC(C)Cn1c(SCc2nc(C(C)C)no2)nc2ccc(Br)cc2c1=O. The van der Waals surface area contributed by atoms with Gasteiger partial charge in [-0.2, -0.15) is 4.98 Å². The van der Waals surface area contributed by atoms with Crippen molar-refractivity contribution in [1.82, 2.24) is 19.7 Å². The zero-order chi connectivity index (χ0) is 18.8. The molecule has 0 aliphatic carbocycles. The summed E-state index contributed by atoms with van der Waals surface area (Å²) in [4.78, 5) is 22.1. The minimum absolute atomic E-state index is 0.0269. The molecule has 26 heavy (non-hydrogen) atoms. The molecule has 0 aliphatic rings. The zero-order valence-corrected chi connectivity index (χ0v) is 17.6. The average molecular weight is 437 g/mol. The second-order valence-corrected chi connectivity index (χ2v) is 8.71. The van der Waals surface area contributed by atoms with Crippen LogP contribution < -0.4 is 5.56 Å². The van der Waals surface area contributed by atoms with E-state index in [4.69, 9.17) is 9.51 Å². The van der Waals surface area contributed by atoms with Crippen molar-refractivity contribution >= 4 is 38.6 Å². The highest BCUT2D eigenvalue weighted by molar-refractivity contribution is 9.10. The molecule has 0 N–H and O–H groups in total. The van der Waals surface area contributed by atoms with E-state index in [-0.39, 0.29) is 11.5 Å². The normalized spacial score (nSPS) is 11.8. The van der Waals surface area contributed by atoms with Crippen molar-refractivity contribution in [3.05, 3.63) is 44.7 Å². The predicted octanol–water partition coefficient (Wildman–Crippen LogP) is 4.61. The fourth-order valence-electron chi connectivity index (χ4n) is 2.50. The van der Waals surface area contributed by atoms with E-state index >= 15 is 0 Å². The molecule has 0 saturated heterocycles. The minimum atomic E-state index is -0.0269. The summed E-state index contributed by atoms with van der Waals surface area (Å²) in [5.41, 5.74) is 0.662. The van der Waals surface area contributed by atoms with Crippen LogP contribution in [-0.2, 0) is 12.3 Å². The van der Waals surface area contributed by atoms with E-state index in [2.05, 4.69) is 39.9 Å². The molecule has 0 spiro atoms. The van der Waals surface area contributed by atoms with Gasteiger partial charge in [0.15, 0.2) is 11.0 Å². The molecule has 6 nitrogen and oxygen atoms in total. The Morgan fingerprint density at radius 1 is 1.23 bits per heavy atom. The van der Waals surface area contributed by atoms with E-state index in [1.54, 1.807) is 4.57 Å². The molecule has 0 unspecified atom stereocenters. The highest BCUT2D eigenvalue weighted by atomic mass is 79.9. The van der Waals surface area contributed by atoms with Crippen LogP contribution in [-0.4, -0.2) is 19.7 Å². The van der Waals surface area contributed by atoms with Crippen molar-refractivity contribution in [2.45, 2.75) is 51.1 Å². The molecule has 138 valence electrons. The molecule has 0 saturated carbocycles. The van der Waals surface area contributed by atoms with Gasteiger partial charge in [0.05, 0.1) is 16.7 Å². The summed E-state index contributed by atoms with van der Waals surface area (Å²) < 4.78 is 7.91. The molecule has 0 bridgehead atoms.